The van der Waals surface area contributed by atoms with Gasteiger partial charge < -0.3 is 41.9 Å². The molecule has 0 aromatic rings. The molecule has 0 saturated carbocycles. The third-order valence-corrected chi connectivity index (χ3v) is 4.70. The fourth-order valence-electron chi connectivity index (χ4n) is 3.04. The summed E-state index contributed by atoms with van der Waals surface area (Å²) in [5.74, 6) is -4.59. The average Bonchev–Trinajstić information content (AvgIpc) is 3.28. The summed E-state index contributed by atoms with van der Waals surface area (Å²) < 4.78 is 0. The molecule has 0 bridgehead atoms. The van der Waals surface area contributed by atoms with Crippen LogP contribution in [0.4, 0.5) is 0 Å². The number of nitrogens with one attached hydrogen (secondary N) is 6. The van der Waals surface area contributed by atoms with Crippen LogP contribution in [0.15, 0.2) is 0 Å². The third-order valence-electron chi connectivity index (χ3n) is 4.70. The lowest BCUT2D eigenvalue weighted by molar-refractivity contribution is -0.141. The van der Waals surface area contributed by atoms with Crippen molar-refractivity contribution >= 4 is 41.4 Å². The molecule has 1 aliphatic heterocycles. The number of hydrogen-bond donors (Lipinski definition) is 7. The van der Waals surface area contributed by atoms with Crippen LogP contribution >= 0.6 is 0 Å². The van der Waals surface area contributed by atoms with E-state index < -0.39 is 67.2 Å². The fraction of sp³-hybridized carbons (Fsp3) is 0.632. The first kappa shape index (κ1) is 28.3. The molecule has 0 aromatic carbocycles. The van der Waals surface area contributed by atoms with Gasteiger partial charge in [0.2, 0.25) is 35.4 Å². The highest BCUT2D eigenvalue weighted by Gasteiger charge is 2.34. The Morgan fingerprint density at radius 1 is 0.853 bits per heavy atom. The molecule has 7 N–H and O–H groups in total. The fourth-order valence-corrected chi connectivity index (χ4v) is 3.04. The largest absolute Gasteiger partial charge is 0.480 e. The summed E-state index contributed by atoms with van der Waals surface area (Å²) in [6.45, 7) is 0.0213. The zero-order valence-electron chi connectivity index (χ0n) is 19.1. The van der Waals surface area contributed by atoms with Gasteiger partial charge in [-0.25, -0.2) is 0 Å². The Balaban J connectivity index is 2.37. The molecule has 0 aliphatic carbocycles. The smallest absolute Gasteiger partial charge is 0.322 e. The minimum Gasteiger partial charge on any atom is -0.480 e. The number of carbonyl (C=O) groups excluding carboxylic acids is 6. The average molecular weight is 485 g/mol. The van der Waals surface area contributed by atoms with Crippen LogP contribution < -0.4 is 31.9 Å². The Kier molecular flexibility index (Phi) is 12.0. The Labute approximate surface area is 195 Å². The molecule has 0 aromatic heterocycles. The number of nitrogens with zero attached hydrogens (tertiary/aromatic N) is 1. The molecule has 15 nitrogen and oxygen atoms in total. The monoisotopic (exact) mass is 485 g/mol. The lowest BCUT2D eigenvalue weighted by Gasteiger charge is -2.24. The number of carboxylic acid groups (broad SMARTS) is 1. The van der Waals surface area contributed by atoms with E-state index in [-0.39, 0.29) is 19.0 Å². The van der Waals surface area contributed by atoms with Gasteiger partial charge in [0.1, 0.15) is 18.6 Å². The summed E-state index contributed by atoms with van der Waals surface area (Å²) >= 11 is 0. The molecule has 34 heavy (non-hydrogen) atoms. The van der Waals surface area contributed by atoms with Gasteiger partial charge in [0, 0.05) is 6.54 Å². The maximum atomic E-state index is 12.4. The summed E-state index contributed by atoms with van der Waals surface area (Å²) in [6, 6.07) is -1.83. The van der Waals surface area contributed by atoms with Gasteiger partial charge in [-0.2, -0.15) is 0 Å². The van der Waals surface area contributed by atoms with Gasteiger partial charge >= 0.3 is 5.97 Å². The predicted molar refractivity (Wildman–Crippen MR) is 116 cm³/mol. The van der Waals surface area contributed by atoms with Crippen molar-refractivity contribution in [2.75, 3.05) is 46.3 Å². The Hall–Kier alpha value is -3.75. The third kappa shape index (κ3) is 10.2. The first-order valence-electron chi connectivity index (χ1n) is 10.6. The Bertz CT molecular complexity index is 804. The van der Waals surface area contributed by atoms with Gasteiger partial charge in [-0.05, 0) is 26.8 Å². The van der Waals surface area contributed by atoms with E-state index in [2.05, 4.69) is 31.9 Å². The number of carbonyl (C=O) groups is 7. The van der Waals surface area contributed by atoms with Crippen molar-refractivity contribution in [1.29, 1.82) is 0 Å². The number of amides is 6. The van der Waals surface area contributed by atoms with E-state index >= 15 is 0 Å². The SMILES string of the molecule is CNCC(=O)NCC(=O)NCC(=O)NC(C)C(=O)NCC(=O)N1CCCC1C(=O)NCC(=O)O. The molecule has 1 heterocycles. The van der Waals surface area contributed by atoms with Crippen LogP contribution in [0.25, 0.3) is 0 Å². The van der Waals surface area contributed by atoms with E-state index in [0.29, 0.717) is 19.4 Å². The summed E-state index contributed by atoms with van der Waals surface area (Å²) in [4.78, 5) is 83.4. The molecule has 2 atom stereocenters. The standard InChI is InChI=1S/C19H31N7O8/c1-11(25-15(29)8-22-14(28)7-21-13(27)6-20-2)18(33)23-9-16(30)26-5-3-4-12(26)19(34)24-10-17(31)32/h11-12,20H,3-10H2,1-2H3,(H,21,27)(H,22,28)(H,23,33)(H,24,34)(H,25,29)(H,31,32). The zero-order chi connectivity index (χ0) is 25.7. The highest BCUT2D eigenvalue weighted by atomic mass is 16.4. The number of hydrogen-bond acceptors (Lipinski definition) is 8. The summed E-state index contributed by atoms with van der Waals surface area (Å²) in [5, 5.41) is 22.9. The molecule has 0 radical (unpaired) electrons. The van der Waals surface area contributed by atoms with Crippen molar-refractivity contribution in [3.05, 3.63) is 0 Å². The maximum Gasteiger partial charge on any atom is 0.322 e. The van der Waals surface area contributed by atoms with E-state index in [1.54, 1.807) is 7.05 Å². The van der Waals surface area contributed by atoms with Gasteiger partial charge in [0.25, 0.3) is 0 Å². The van der Waals surface area contributed by atoms with Gasteiger partial charge in [-0.3, -0.25) is 33.6 Å². The quantitative estimate of drug-likeness (QED) is 0.133. The zero-order valence-corrected chi connectivity index (χ0v) is 19.1. The lowest BCUT2D eigenvalue weighted by Crippen LogP contribution is -2.52. The van der Waals surface area contributed by atoms with Crippen LogP contribution in [-0.2, 0) is 33.6 Å². The topological polar surface area (TPSA) is 215 Å². The van der Waals surface area contributed by atoms with Crippen LogP contribution in [0.1, 0.15) is 19.8 Å². The molecular formula is C19H31N7O8. The van der Waals surface area contributed by atoms with Gasteiger partial charge in [0.05, 0.1) is 26.2 Å². The minimum atomic E-state index is -1.21. The normalized spacial score (nSPS) is 15.6. The Morgan fingerprint density at radius 3 is 2.09 bits per heavy atom. The van der Waals surface area contributed by atoms with Crippen LogP contribution in [-0.4, -0.2) is 110 Å². The second-order valence-electron chi connectivity index (χ2n) is 7.45. The molecule has 0 spiro atoms. The molecule has 1 rings (SSSR count). The van der Waals surface area contributed by atoms with E-state index in [0.717, 1.165) is 0 Å². The van der Waals surface area contributed by atoms with Crippen LogP contribution in [0.3, 0.4) is 0 Å². The molecule has 1 fully saturated rings. The number of likely N-dealkylation sites (tertiary alicyclic amines) is 1. The molecule has 2 unspecified atom stereocenters. The van der Waals surface area contributed by atoms with E-state index in [1.807, 2.05) is 0 Å². The molecule has 15 heteroatoms. The van der Waals surface area contributed by atoms with Gasteiger partial charge in [0.15, 0.2) is 0 Å². The van der Waals surface area contributed by atoms with Crippen molar-refractivity contribution in [2.24, 2.45) is 0 Å². The number of rotatable bonds is 13. The Morgan fingerprint density at radius 2 is 1.47 bits per heavy atom. The van der Waals surface area contributed by atoms with Crippen molar-refractivity contribution < 1.29 is 38.7 Å². The van der Waals surface area contributed by atoms with E-state index in [4.69, 9.17) is 5.11 Å². The van der Waals surface area contributed by atoms with E-state index in [1.165, 1.54) is 11.8 Å². The highest BCUT2D eigenvalue weighted by molar-refractivity contribution is 5.94. The first-order valence-corrected chi connectivity index (χ1v) is 10.6. The van der Waals surface area contributed by atoms with Crippen LogP contribution in [0, 0.1) is 0 Å². The summed E-state index contributed by atoms with van der Waals surface area (Å²) in [6.07, 6.45) is 0.935. The second-order valence-corrected chi connectivity index (χ2v) is 7.45. The summed E-state index contributed by atoms with van der Waals surface area (Å²) in [5.41, 5.74) is 0. The van der Waals surface area contributed by atoms with Gasteiger partial charge in [-0.15, -0.1) is 0 Å². The number of aliphatic carboxylic acids is 1. The molecule has 1 saturated heterocycles. The van der Waals surface area contributed by atoms with Crippen molar-refractivity contribution in [3.63, 3.8) is 0 Å². The van der Waals surface area contributed by atoms with Crippen LogP contribution in [0.5, 0.6) is 0 Å². The van der Waals surface area contributed by atoms with Gasteiger partial charge in [-0.1, -0.05) is 0 Å². The summed E-state index contributed by atoms with van der Waals surface area (Å²) in [7, 11) is 1.57. The van der Waals surface area contributed by atoms with Crippen molar-refractivity contribution in [3.8, 4) is 0 Å². The predicted octanol–water partition coefficient (Wildman–Crippen LogP) is -4.75. The molecule has 6 amide bonds. The maximum absolute atomic E-state index is 12.4. The molecule has 190 valence electrons. The van der Waals surface area contributed by atoms with Crippen molar-refractivity contribution in [1.82, 2.24) is 36.8 Å². The van der Waals surface area contributed by atoms with Crippen molar-refractivity contribution in [2.45, 2.75) is 31.8 Å². The second kappa shape index (κ2) is 14.4. The highest BCUT2D eigenvalue weighted by Crippen LogP contribution is 2.17. The number of likely N-dealkylation sites (N-methyl/N-ethyl adjacent to an activating group) is 1. The number of carboxylic acids is 1. The first-order chi connectivity index (χ1) is 16.0. The molecular weight excluding hydrogens is 454 g/mol. The minimum absolute atomic E-state index is 0.0409. The molecule has 1 aliphatic rings. The van der Waals surface area contributed by atoms with E-state index in [9.17, 15) is 33.6 Å². The lowest BCUT2D eigenvalue weighted by atomic mass is 10.2. The van der Waals surface area contributed by atoms with Crippen LogP contribution in [0.2, 0.25) is 0 Å².